The Balaban J connectivity index is 2.05. The second-order valence-corrected chi connectivity index (χ2v) is 4.22. The molecule has 1 saturated carbocycles. The van der Waals surface area contributed by atoms with Crippen LogP contribution < -0.4 is 5.48 Å². The van der Waals surface area contributed by atoms with E-state index in [0.717, 1.165) is 24.8 Å². The van der Waals surface area contributed by atoms with Crippen LogP contribution in [0.3, 0.4) is 0 Å². The first kappa shape index (κ1) is 10.6. The summed E-state index contributed by atoms with van der Waals surface area (Å²) in [6, 6.07) is 8.25. The molecule has 0 aliphatic heterocycles. The van der Waals surface area contributed by atoms with Gasteiger partial charge in [-0.1, -0.05) is 24.3 Å². The molecule has 0 atom stereocenters. The predicted molar refractivity (Wildman–Crippen MR) is 57.7 cm³/mol. The van der Waals surface area contributed by atoms with Crippen LogP contribution in [0.25, 0.3) is 0 Å². The Labute approximate surface area is 90.0 Å². The molecule has 0 aromatic heterocycles. The summed E-state index contributed by atoms with van der Waals surface area (Å²) in [7, 11) is 1.78. The van der Waals surface area contributed by atoms with Crippen molar-refractivity contribution in [2.75, 3.05) is 7.11 Å². The molecular formula is C12H17NO2. The molecule has 15 heavy (non-hydrogen) atoms. The molecular weight excluding hydrogens is 190 g/mol. The maximum Gasteiger partial charge on any atom is 0.0721 e. The summed E-state index contributed by atoms with van der Waals surface area (Å²) in [5, 5.41) is 8.63. The zero-order valence-electron chi connectivity index (χ0n) is 8.99. The lowest BCUT2D eigenvalue weighted by atomic mass is 10.0. The zero-order chi connectivity index (χ0) is 10.7. The Morgan fingerprint density at radius 3 is 2.73 bits per heavy atom. The standard InChI is InChI=1S/C12H17NO2/c1-15-12(5-6-12)8-10-3-2-4-11(7-10)9-13-14/h2-4,7,13-14H,5-6,8-9H2,1H3. The van der Waals surface area contributed by atoms with E-state index in [-0.39, 0.29) is 5.60 Å². The molecule has 1 aromatic rings. The number of rotatable bonds is 5. The van der Waals surface area contributed by atoms with Gasteiger partial charge in [-0.2, -0.15) is 0 Å². The molecule has 3 nitrogen and oxygen atoms in total. The van der Waals surface area contributed by atoms with E-state index >= 15 is 0 Å². The molecule has 1 fully saturated rings. The van der Waals surface area contributed by atoms with Crippen molar-refractivity contribution in [1.82, 2.24) is 5.48 Å². The molecule has 82 valence electrons. The van der Waals surface area contributed by atoms with E-state index in [9.17, 15) is 0 Å². The maximum atomic E-state index is 8.63. The van der Waals surface area contributed by atoms with Gasteiger partial charge in [0.05, 0.1) is 5.60 Å². The number of nitrogens with one attached hydrogen (secondary N) is 1. The van der Waals surface area contributed by atoms with Gasteiger partial charge < -0.3 is 9.94 Å². The highest BCUT2D eigenvalue weighted by Crippen LogP contribution is 2.41. The molecule has 0 bridgehead atoms. The van der Waals surface area contributed by atoms with Crippen LogP contribution in [-0.4, -0.2) is 17.9 Å². The van der Waals surface area contributed by atoms with Gasteiger partial charge in [0, 0.05) is 20.1 Å². The van der Waals surface area contributed by atoms with Gasteiger partial charge in [0.25, 0.3) is 0 Å². The summed E-state index contributed by atoms with van der Waals surface area (Å²) in [6.45, 7) is 0.494. The summed E-state index contributed by atoms with van der Waals surface area (Å²) < 4.78 is 5.49. The Hall–Kier alpha value is -0.900. The minimum atomic E-state index is 0.102. The van der Waals surface area contributed by atoms with Gasteiger partial charge in [-0.05, 0) is 24.0 Å². The topological polar surface area (TPSA) is 41.5 Å². The van der Waals surface area contributed by atoms with E-state index in [2.05, 4.69) is 17.6 Å². The molecule has 0 spiro atoms. The molecule has 0 unspecified atom stereocenters. The summed E-state index contributed by atoms with van der Waals surface area (Å²) >= 11 is 0. The normalized spacial score (nSPS) is 17.7. The fourth-order valence-electron chi connectivity index (χ4n) is 1.91. The van der Waals surface area contributed by atoms with Crippen molar-refractivity contribution in [3.8, 4) is 0 Å². The molecule has 2 rings (SSSR count). The SMILES string of the molecule is COC1(Cc2cccc(CNO)c2)CC1. The van der Waals surface area contributed by atoms with Crippen molar-refractivity contribution < 1.29 is 9.94 Å². The van der Waals surface area contributed by atoms with Gasteiger partial charge in [-0.15, -0.1) is 0 Å². The number of hydroxylamine groups is 1. The van der Waals surface area contributed by atoms with Crippen LogP contribution in [0.15, 0.2) is 24.3 Å². The van der Waals surface area contributed by atoms with Gasteiger partial charge in [-0.25, -0.2) is 5.48 Å². The van der Waals surface area contributed by atoms with Crippen molar-refractivity contribution in [2.24, 2.45) is 0 Å². The Bertz CT molecular complexity index is 334. The van der Waals surface area contributed by atoms with Crippen LogP contribution in [0.2, 0.25) is 0 Å². The number of hydrogen-bond donors (Lipinski definition) is 2. The number of benzene rings is 1. The Kier molecular flexibility index (Phi) is 3.05. The summed E-state index contributed by atoms with van der Waals surface area (Å²) in [6.07, 6.45) is 3.29. The monoisotopic (exact) mass is 207 g/mol. The predicted octanol–water partition coefficient (Wildman–Crippen LogP) is 1.89. The van der Waals surface area contributed by atoms with Crippen LogP contribution in [0.4, 0.5) is 0 Å². The molecule has 2 N–H and O–H groups in total. The lowest BCUT2D eigenvalue weighted by Crippen LogP contribution is -2.15. The third-order valence-corrected chi connectivity index (χ3v) is 3.04. The first-order chi connectivity index (χ1) is 7.28. The molecule has 1 aliphatic rings. The third-order valence-electron chi connectivity index (χ3n) is 3.04. The van der Waals surface area contributed by atoms with Crippen molar-refractivity contribution in [3.05, 3.63) is 35.4 Å². The molecule has 1 aromatic carbocycles. The number of ether oxygens (including phenoxy) is 1. The Morgan fingerprint density at radius 1 is 1.40 bits per heavy atom. The highest BCUT2D eigenvalue weighted by Gasteiger charge is 2.42. The van der Waals surface area contributed by atoms with E-state index in [0.29, 0.717) is 6.54 Å². The first-order valence-corrected chi connectivity index (χ1v) is 5.28. The maximum absolute atomic E-state index is 8.63. The van der Waals surface area contributed by atoms with Crippen molar-refractivity contribution in [2.45, 2.75) is 31.4 Å². The molecule has 0 heterocycles. The van der Waals surface area contributed by atoms with Crippen LogP contribution >= 0.6 is 0 Å². The fraction of sp³-hybridized carbons (Fsp3) is 0.500. The van der Waals surface area contributed by atoms with Crippen molar-refractivity contribution in [1.29, 1.82) is 0 Å². The van der Waals surface area contributed by atoms with Gasteiger partial charge in [0.15, 0.2) is 0 Å². The van der Waals surface area contributed by atoms with Gasteiger partial charge in [-0.3, -0.25) is 0 Å². The van der Waals surface area contributed by atoms with Crippen molar-refractivity contribution >= 4 is 0 Å². The second-order valence-electron chi connectivity index (χ2n) is 4.22. The lowest BCUT2D eigenvalue weighted by molar-refractivity contribution is 0.0807. The molecule has 0 radical (unpaired) electrons. The van der Waals surface area contributed by atoms with Crippen molar-refractivity contribution in [3.63, 3.8) is 0 Å². The highest BCUT2D eigenvalue weighted by molar-refractivity contribution is 5.26. The lowest BCUT2D eigenvalue weighted by Gasteiger charge is -2.13. The van der Waals surface area contributed by atoms with E-state index in [1.807, 2.05) is 12.1 Å². The van der Waals surface area contributed by atoms with E-state index < -0.39 is 0 Å². The average Bonchev–Trinajstić information content (AvgIpc) is 3.00. The summed E-state index contributed by atoms with van der Waals surface area (Å²) in [5.41, 5.74) is 4.65. The second kappa shape index (κ2) is 4.31. The molecule has 0 saturated heterocycles. The fourth-order valence-corrected chi connectivity index (χ4v) is 1.91. The van der Waals surface area contributed by atoms with E-state index in [1.54, 1.807) is 7.11 Å². The number of methoxy groups -OCH3 is 1. The minimum absolute atomic E-state index is 0.102. The van der Waals surface area contributed by atoms with Crippen LogP contribution in [0, 0.1) is 0 Å². The van der Waals surface area contributed by atoms with Gasteiger partial charge >= 0.3 is 0 Å². The average molecular weight is 207 g/mol. The minimum Gasteiger partial charge on any atom is -0.378 e. The number of hydrogen-bond acceptors (Lipinski definition) is 3. The smallest absolute Gasteiger partial charge is 0.0721 e. The summed E-state index contributed by atoms with van der Waals surface area (Å²) in [4.78, 5) is 0. The molecule has 1 aliphatic carbocycles. The van der Waals surface area contributed by atoms with E-state index in [1.165, 1.54) is 5.56 Å². The molecule has 3 heteroatoms. The van der Waals surface area contributed by atoms with Crippen LogP contribution in [0.5, 0.6) is 0 Å². The quantitative estimate of drug-likeness (QED) is 0.724. The Morgan fingerprint density at radius 2 is 2.13 bits per heavy atom. The first-order valence-electron chi connectivity index (χ1n) is 5.28. The third kappa shape index (κ3) is 2.56. The largest absolute Gasteiger partial charge is 0.378 e. The van der Waals surface area contributed by atoms with Gasteiger partial charge in [0.2, 0.25) is 0 Å². The van der Waals surface area contributed by atoms with Crippen LogP contribution in [-0.2, 0) is 17.7 Å². The molecule has 0 amide bonds. The zero-order valence-corrected chi connectivity index (χ0v) is 8.99. The van der Waals surface area contributed by atoms with E-state index in [4.69, 9.17) is 9.94 Å². The van der Waals surface area contributed by atoms with Gasteiger partial charge in [0.1, 0.15) is 0 Å². The highest BCUT2D eigenvalue weighted by atomic mass is 16.5. The van der Waals surface area contributed by atoms with Crippen LogP contribution in [0.1, 0.15) is 24.0 Å². The summed E-state index contributed by atoms with van der Waals surface area (Å²) in [5.74, 6) is 0.